The van der Waals surface area contributed by atoms with E-state index < -0.39 is 59.9 Å². The van der Waals surface area contributed by atoms with Crippen LogP contribution < -0.4 is 29.8 Å². The van der Waals surface area contributed by atoms with Crippen molar-refractivity contribution in [2.24, 2.45) is 0 Å². The van der Waals surface area contributed by atoms with E-state index >= 15 is 8.78 Å². The smallest absolute Gasteiger partial charge is 0.435 e. The third-order valence-electron chi connectivity index (χ3n) is 6.04. The van der Waals surface area contributed by atoms with Crippen LogP contribution >= 0.6 is 18.3 Å². The number of benzene rings is 2. The molecule has 1 aromatic heterocycles. The predicted molar refractivity (Wildman–Crippen MR) is 144 cm³/mol. The molecular formula is C24H22ClF4N2O9PS. The van der Waals surface area contributed by atoms with Crippen LogP contribution in [-0.2, 0) is 21.1 Å². The molecule has 3 aromatic rings. The molecule has 2 aromatic carbocycles. The van der Waals surface area contributed by atoms with Gasteiger partial charge in [-0.2, -0.15) is 8.78 Å². The average Bonchev–Trinajstić information content (AvgIpc) is 3.16. The fraction of sp³-hybridized carbons (Fsp3) is 0.333. The van der Waals surface area contributed by atoms with Gasteiger partial charge < -0.3 is 28.4 Å². The molecule has 0 radical (unpaired) electrons. The summed E-state index contributed by atoms with van der Waals surface area (Å²) in [4.78, 5) is 25.5. The molecule has 2 N–H and O–H groups in total. The number of nitrogens with one attached hydrogen (secondary N) is 1. The first-order valence-corrected chi connectivity index (χ1v) is 14.6. The third-order valence-corrected chi connectivity index (χ3v) is 8.38. The fourth-order valence-electron chi connectivity index (χ4n) is 3.82. The maximum atomic E-state index is 15.3. The molecule has 0 bridgehead atoms. The Morgan fingerprint density at radius 2 is 1.50 bits per heavy atom. The largest absolute Gasteiger partial charge is 0.497 e. The first-order valence-electron chi connectivity index (χ1n) is 11.7. The summed E-state index contributed by atoms with van der Waals surface area (Å²) in [5.74, 6) is -3.54. The van der Waals surface area contributed by atoms with E-state index in [2.05, 4.69) is 0 Å². The number of H-pyrrole nitrogens is 1. The number of hydrogen-bond acceptors (Lipinski definition) is 10. The minimum Gasteiger partial charge on any atom is -0.497 e. The number of methoxy groups -OCH3 is 2. The topological polar surface area (TPSA) is 130 Å². The summed E-state index contributed by atoms with van der Waals surface area (Å²) in [5.41, 5.74) is -6.02. The summed E-state index contributed by atoms with van der Waals surface area (Å²) in [7, 11) is 2.84. The Hall–Kier alpha value is -3.14. The molecule has 0 spiro atoms. The minimum absolute atomic E-state index is 0.0456. The molecule has 228 valence electrons. The van der Waals surface area contributed by atoms with Crippen molar-refractivity contribution in [1.29, 1.82) is 0 Å². The lowest BCUT2D eigenvalue weighted by Crippen LogP contribution is -2.54. The second-order valence-electron chi connectivity index (χ2n) is 8.70. The van der Waals surface area contributed by atoms with E-state index in [1.165, 1.54) is 62.8 Å². The van der Waals surface area contributed by atoms with E-state index in [1.54, 1.807) is 4.98 Å². The van der Waals surface area contributed by atoms with Crippen LogP contribution in [0.5, 0.6) is 23.0 Å². The number of ether oxygens (including phenoxy) is 3. The molecule has 1 aliphatic rings. The molecule has 0 amide bonds. The number of aromatic nitrogens is 2. The van der Waals surface area contributed by atoms with E-state index in [9.17, 15) is 23.5 Å². The van der Waals surface area contributed by atoms with Crippen LogP contribution in [-0.4, -0.2) is 59.5 Å². The van der Waals surface area contributed by atoms with Crippen LogP contribution in [0.2, 0.25) is 5.02 Å². The van der Waals surface area contributed by atoms with Crippen LogP contribution in [0.4, 0.5) is 17.6 Å². The molecule has 42 heavy (non-hydrogen) atoms. The third kappa shape index (κ3) is 6.28. The summed E-state index contributed by atoms with van der Waals surface area (Å²) in [6.45, 7) is -5.66. The van der Waals surface area contributed by atoms with Gasteiger partial charge in [0.05, 0.1) is 20.8 Å². The van der Waals surface area contributed by atoms with Crippen molar-refractivity contribution in [3.63, 3.8) is 0 Å². The van der Waals surface area contributed by atoms with E-state index in [-0.39, 0.29) is 16.1 Å². The van der Waals surface area contributed by atoms with Crippen LogP contribution in [0.25, 0.3) is 0 Å². The molecule has 1 aliphatic heterocycles. The Labute approximate surface area is 244 Å². The van der Waals surface area contributed by atoms with Gasteiger partial charge in [0.15, 0.2) is 11.7 Å². The quantitative estimate of drug-likeness (QED) is 0.230. The highest BCUT2D eigenvalue weighted by molar-refractivity contribution is 8.07. The van der Waals surface area contributed by atoms with Gasteiger partial charge in [-0.05, 0) is 48.5 Å². The van der Waals surface area contributed by atoms with E-state index in [0.29, 0.717) is 17.7 Å². The molecule has 1 fully saturated rings. The number of hydrogen-bond donors (Lipinski definition) is 2. The summed E-state index contributed by atoms with van der Waals surface area (Å²) in [6, 6.07) is 11.6. The molecule has 2 heterocycles. The van der Waals surface area contributed by atoms with Crippen molar-refractivity contribution in [2.45, 2.75) is 30.3 Å². The van der Waals surface area contributed by atoms with Gasteiger partial charge >= 0.3 is 18.3 Å². The fourth-order valence-corrected chi connectivity index (χ4v) is 5.91. The lowest BCUT2D eigenvalue weighted by atomic mass is 9.96. The number of aliphatic hydroxyl groups is 1. The molecule has 18 heteroatoms. The lowest BCUT2D eigenvalue weighted by Gasteiger charge is -2.32. The summed E-state index contributed by atoms with van der Waals surface area (Å²) < 4.78 is 91.6. The normalized spacial score (nSPS) is 21.7. The Kier molecular flexibility index (Phi) is 9.25. The van der Waals surface area contributed by atoms with Crippen molar-refractivity contribution in [3.05, 3.63) is 80.6 Å². The van der Waals surface area contributed by atoms with Gasteiger partial charge in [-0.3, -0.25) is 18.9 Å². The number of halogens is 5. The van der Waals surface area contributed by atoms with E-state index in [4.69, 9.17) is 51.2 Å². The zero-order chi connectivity index (χ0) is 30.9. The van der Waals surface area contributed by atoms with Gasteiger partial charge in [0.25, 0.3) is 12.0 Å². The predicted octanol–water partition coefficient (Wildman–Crippen LogP) is 4.14. The van der Waals surface area contributed by atoms with Crippen molar-refractivity contribution in [2.75, 3.05) is 20.8 Å². The number of nitrogens with zero attached hydrogens (tertiary/aromatic N) is 1. The Morgan fingerprint density at radius 1 is 1.02 bits per heavy atom. The van der Waals surface area contributed by atoms with Gasteiger partial charge in [0.2, 0.25) is 6.23 Å². The summed E-state index contributed by atoms with van der Waals surface area (Å²) in [5, 5.41) is 9.77. The molecule has 11 nitrogen and oxygen atoms in total. The van der Waals surface area contributed by atoms with Crippen LogP contribution in [0.15, 0.2) is 64.3 Å². The second kappa shape index (κ2) is 12.2. The zero-order valence-electron chi connectivity index (χ0n) is 21.5. The van der Waals surface area contributed by atoms with Crippen LogP contribution in [0, 0.1) is 0 Å². The number of aromatic amines is 1. The molecule has 0 saturated carbocycles. The second-order valence-corrected chi connectivity index (χ2v) is 12.0. The zero-order valence-corrected chi connectivity index (χ0v) is 24.0. The van der Waals surface area contributed by atoms with Gasteiger partial charge in [-0.1, -0.05) is 11.6 Å². The number of aliphatic hydroxyl groups excluding tert-OH is 1. The maximum absolute atomic E-state index is 15.3. The molecule has 3 atom stereocenters. The van der Waals surface area contributed by atoms with E-state index in [1.807, 2.05) is 0 Å². The van der Waals surface area contributed by atoms with Gasteiger partial charge in [-0.15, -0.1) is 0 Å². The van der Waals surface area contributed by atoms with Crippen molar-refractivity contribution in [1.82, 2.24) is 9.55 Å². The number of rotatable bonds is 11. The molecule has 0 aliphatic carbocycles. The SMILES string of the molecule is COc1ccc(OP(=S)(OC[C@@]2(C(F)F)O[C@@H](n3cc(Cl)c(=O)[nH]c3=O)C(F)(F)[C@@H]2O)Oc2ccc(OC)cc2)cc1. The van der Waals surface area contributed by atoms with Gasteiger partial charge in [-0.25, -0.2) is 13.6 Å². The standard InChI is InChI=1S/C24H22ClF4N2O9PS/c1-35-13-3-7-15(8-4-13)39-41(42,40-16-9-5-14(36-2)6-10-16)37-12-23(20(26)27)19(33)24(28,29)21(38-23)31-11-17(25)18(32)30-22(31)34/h3-11,19-21,33H,12H2,1-2H3,(H,30,32,34)/t19-,21-,23-/m1/s1. The van der Waals surface area contributed by atoms with E-state index in [0.717, 1.165) is 0 Å². The highest BCUT2D eigenvalue weighted by atomic mass is 35.5. The summed E-state index contributed by atoms with van der Waals surface area (Å²) in [6.07, 6.45) is -9.41. The molecule has 0 unspecified atom stereocenters. The van der Waals surface area contributed by atoms with Gasteiger partial charge in [0.1, 0.15) is 28.0 Å². The van der Waals surface area contributed by atoms with Crippen LogP contribution in [0.1, 0.15) is 6.23 Å². The Morgan fingerprint density at radius 3 is 1.95 bits per heavy atom. The van der Waals surface area contributed by atoms with Crippen molar-refractivity contribution < 1.29 is 50.5 Å². The molecule has 4 rings (SSSR count). The average molecular weight is 657 g/mol. The van der Waals surface area contributed by atoms with Crippen LogP contribution in [0.3, 0.4) is 0 Å². The van der Waals surface area contributed by atoms with Crippen molar-refractivity contribution in [3.8, 4) is 23.0 Å². The Bertz CT molecular complexity index is 1520. The minimum atomic E-state index is -4.51. The first kappa shape index (κ1) is 31.8. The molecule has 1 saturated heterocycles. The first-order chi connectivity index (χ1) is 19.7. The summed E-state index contributed by atoms with van der Waals surface area (Å²) >= 11 is 11.1. The van der Waals surface area contributed by atoms with Crippen molar-refractivity contribution >= 4 is 30.1 Å². The highest BCUT2D eigenvalue weighted by Gasteiger charge is 2.71. The lowest BCUT2D eigenvalue weighted by molar-refractivity contribution is -0.192. The van der Waals surface area contributed by atoms with Gasteiger partial charge in [0, 0.05) is 18.0 Å². The molecular weight excluding hydrogens is 635 g/mol. The number of alkyl halides is 4. The maximum Gasteiger partial charge on any atom is 0.435 e. The monoisotopic (exact) mass is 656 g/mol. The highest BCUT2D eigenvalue weighted by Crippen LogP contribution is 2.55. The Balaban J connectivity index is 1.69.